The van der Waals surface area contributed by atoms with Crippen LogP contribution >= 0.6 is 0 Å². The Labute approximate surface area is 132 Å². The highest BCUT2D eigenvalue weighted by molar-refractivity contribution is 5.92. The monoisotopic (exact) mass is 320 g/mol. The number of carbonyl (C=O) groups excluding carboxylic acids is 1. The molecule has 2 atom stereocenters. The van der Waals surface area contributed by atoms with Crippen LogP contribution in [-0.2, 0) is 0 Å². The Morgan fingerprint density at radius 1 is 1.17 bits per heavy atom. The average molecular weight is 320 g/mol. The first-order valence-electron chi connectivity index (χ1n) is 7.51. The average Bonchev–Trinajstić information content (AvgIpc) is 2.94. The van der Waals surface area contributed by atoms with Crippen molar-refractivity contribution < 1.29 is 13.6 Å². The van der Waals surface area contributed by atoms with E-state index in [1.807, 2.05) is 13.8 Å². The highest BCUT2D eigenvalue weighted by Crippen LogP contribution is 2.17. The van der Waals surface area contributed by atoms with Gasteiger partial charge in [-0.3, -0.25) is 4.79 Å². The number of halogens is 2. The molecule has 0 saturated carbocycles. The maximum atomic E-state index is 13.8. The summed E-state index contributed by atoms with van der Waals surface area (Å²) in [6.45, 7) is 5.15. The van der Waals surface area contributed by atoms with Crippen LogP contribution in [0.25, 0.3) is 5.69 Å². The highest BCUT2D eigenvalue weighted by atomic mass is 19.1. The van der Waals surface area contributed by atoms with Crippen LogP contribution in [0.5, 0.6) is 0 Å². The van der Waals surface area contributed by atoms with Gasteiger partial charge in [0.1, 0.15) is 5.69 Å². The third kappa shape index (κ3) is 3.10. The SMILES string of the molecule is C[C@@H]1CN(C(=O)c2ccn(-c3c(F)cccc3F)n2)C[C@H](C)N1. The van der Waals surface area contributed by atoms with Crippen LogP contribution in [0.4, 0.5) is 8.78 Å². The van der Waals surface area contributed by atoms with Crippen molar-refractivity contribution in [3.8, 4) is 5.69 Å². The van der Waals surface area contributed by atoms with E-state index < -0.39 is 11.6 Å². The lowest BCUT2D eigenvalue weighted by Crippen LogP contribution is -2.55. The first-order valence-corrected chi connectivity index (χ1v) is 7.51. The number of hydrogen-bond donors (Lipinski definition) is 1. The van der Waals surface area contributed by atoms with Crippen molar-refractivity contribution in [3.63, 3.8) is 0 Å². The molecule has 3 rings (SSSR count). The van der Waals surface area contributed by atoms with Gasteiger partial charge in [0.15, 0.2) is 17.3 Å². The van der Waals surface area contributed by atoms with E-state index in [2.05, 4.69) is 10.4 Å². The van der Waals surface area contributed by atoms with Gasteiger partial charge in [0.05, 0.1) is 0 Å². The van der Waals surface area contributed by atoms with Gasteiger partial charge in [-0.1, -0.05) is 6.07 Å². The van der Waals surface area contributed by atoms with E-state index >= 15 is 0 Å². The van der Waals surface area contributed by atoms with Gasteiger partial charge in [-0.25, -0.2) is 13.5 Å². The number of benzene rings is 1. The Hall–Kier alpha value is -2.28. The van der Waals surface area contributed by atoms with Gasteiger partial charge < -0.3 is 10.2 Å². The molecule has 0 radical (unpaired) electrons. The Bertz CT molecular complexity index is 700. The van der Waals surface area contributed by atoms with E-state index in [0.717, 1.165) is 16.8 Å². The molecule has 0 unspecified atom stereocenters. The minimum Gasteiger partial charge on any atom is -0.334 e. The third-order valence-corrected chi connectivity index (χ3v) is 3.82. The quantitative estimate of drug-likeness (QED) is 0.920. The van der Waals surface area contributed by atoms with E-state index in [1.54, 1.807) is 4.90 Å². The molecule has 2 heterocycles. The van der Waals surface area contributed by atoms with Gasteiger partial charge in [-0.05, 0) is 32.0 Å². The number of carbonyl (C=O) groups is 1. The number of aromatic nitrogens is 2. The van der Waals surface area contributed by atoms with Crippen molar-refractivity contribution in [2.75, 3.05) is 13.1 Å². The molecule has 0 bridgehead atoms. The summed E-state index contributed by atoms with van der Waals surface area (Å²) in [6, 6.07) is 5.45. The predicted molar refractivity (Wildman–Crippen MR) is 81.4 cm³/mol. The number of piperazine rings is 1. The molecule has 2 aromatic rings. The highest BCUT2D eigenvalue weighted by Gasteiger charge is 2.27. The zero-order chi connectivity index (χ0) is 16.6. The first-order chi connectivity index (χ1) is 11.0. The summed E-state index contributed by atoms with van der Waals surface area (Å²) in [6.07, 6.45) is 1.39. The number of nitrogens with one attached hydrogen (secondary N) is 1. The van der Waals surface area contributed by atoms with Crippen LogP contribution < -0.4 is 5.32 Å². The smallest absolute Gasteiger partial charge is 0.274 e. The van der Waals surface area contributed by atoms with E-state index in [-0.39, 0.29) is 29.4 Å². The molecule has 0 aliphatic carbocycles. The molecular formula is C16H18F2N4O. The van der Waals surface area contributed by atoms with E-state index in [0.29, 0.717) is 13.1 Å². The fourth-order valence-corrected chi connectivity index (χ4v) is 2.93. The summed E-state index contributed by atoms with van der Waals surface area (Å²) in [4.78, 5) is 14.2. The van der Waals surface area contributed by atoms with Crippen molar-refractivity contribution in [1.82, 2.24) is 20.0 Å². The van der Waals surface area contributed by atoms with Crippen molar-refractivity contribution in [2.24, 2.45) is 0 Å². The molecule has 1 fully saturated rings. The molecule has 1 aliphatic rings. The molecule has 0 spiro atoms. The van der Waals surface area contributed by atoms with Crippen molar-refractivity contribution >= 4 is 5.91 Å². The van der Waals surface area contributed by atoms with Gasteiger partial charge in [0.25, 0.3) is 5.91 Å². The van der Waals surface area contributed by atoms with Crippen LogP contribution in [0.2, 0.25) is 0 Å². The summed E-state index contributed by atoms with van der Waals surface area (Å²) < 4.78 is 28.7. The van der Waals surface area contributed by atoms with E-state index in [1.165, 1.54) is 18.3 Å². The summed E-state index contributed by atoms with van der Waals surface area (Å²) in [5.41, 5.74) is -0.109. The third-order valence-electron chi connectivity index (χ3n) is 3.82. The predicted octanol–water partition coefficient (Wildman–Crippen LogP) is 1.97. The fourth-order valence-electron chi connectivity index (χ4n) is 2.93. The van der Waals surface area contributed by atoms with Crippen LogP contribution in [0.15, 0.2) is 30.5 Å². The summed E-state index contributed by atoms with van der Waals surface area (Å²) >= 11 is 0. The minimum atomic E-state index is -0.725. The number of rotatable bonds is 2. The van der Waals surface area contributed by atoms with Crippen LogP contribution in [0, 0.1) is 11.6 Å². The lowest BCUT2D eigenvalue weighted by molar-refractivity contribution is 0.0667. The Morgan fingerprint density at radius 3 is 2.39 bits per heavy atom. The van der Waals surface area contributed by atoms with Crippen molar-refractivity contribution in [1.29, 1.82) is 0 Å². The first kappa shape index (κ1) is 15.6. The Kier molecular flexibility index (Phi) is 4.12. The largest absolute Gasteiger partial charge is 0.334 e. The Balaban J connectivity index is 1.86. The van der Waals surface area contributed by atoms with Gasteiger partial charge in [-0.2, -0.15) is 5.10 Å². The molecule has 122 valence electrons. The molecule has 1 aromatic heterocycles. The van der Waals surface area contributed by atoms with Crippen LogP contribution in [0.3, 0.4) is 0 Å². The van der Waals surface area contributed by atoms with Crippen molar-refractivity contribution in [3.05, 3.63) is 47.8 Å². The van der Waals surface area contributed by atoms with Gasteiger partial charge in [0, 0.05) is 31.4 Å². The second-order valence-electron chi connectivity index (χ2n) is 5.89. The number of hydrogen-bond acceptors (Lipinski definition) is 3. The van der Waals surface area contributed by atoms with Crippen LogP contribution in [-0.4, -0.2) is 45.8 Å². The maximum Gasteiger partial charge on any atom is 0.274 e. The standard InChI is InChI=1S/C16H18F2N4O/c1-10-8-21(9-11(2)19-10)16(23)14-6-7-22(20-14)15-12(17)4-3-5-13(15)18/h3-7,10-11,19H,8-9H2,1-2H3/t10-,11+. The minimum absolute atomic E-state index is 0.175. The summed E-state index contributed by atoms with van der Waals surface area (Å²) in [7, 11) is 0. The van der Waals surface area contributed by atoms with Gasteiger partial charge in [-0.15, -0.1) is 0 Å². The molecule has 5 nitrogen and oxygen atoms in total. The molecule has 7 heteroatoms. The number of amides is 1. The molecular weight excluding hydrogens is 302 g/mol. The molecule has 23 heavy (non-hydrogen) atoms. The second kappa shape index (κ2) is 6.08. The molecule has 1 aliphatic heterocycles. The maximum absolute atomic E-state index is 13.8. The second-order valence-corrected chi connectivity index (χ2v) is 5.89. The van der Waals surface area contributed by atoms with E-state index in [4.69, 9.17) is 0 Å². The fraction of sp³-hybridized carbons (Fsp3) is 0.375. The summed E-state index contributed by atoms with van der Waals surface area (Å²) in [5.74, 6) is -1.69. The zero-order valence-electron chi connectivity index (χ0n) is 13.0. The zero-order valence-corrected chi connectivity index (χ0v) is 13.0. The molecule has 1 saturated heterocycles. The lowest BCUT2D eigenvalue weighted by atomic mass is 10.1. The number of para-hydroxylation sites is 1. The Morgan fingerprint density at radius 2 is 1.78 bits per heavy atom. The summed E-state index contributed by atoms with van der Waals surface area (Å²) in [5, 5.41) is 7.40. The lowest BCUT2D eigenvalue weighted by Gasteiger charge is -2.35. The molecule has 1 amide bonds. The normalized spacial score (nSPS) is 21.5. The van der Waals surface area contributed by atoms with Gasteiger partial charge >= 0.3 is 0 Å². The van der Waals surface area contributed by atoms with Crippen molar-refractivity contribution in [2.45, 2.75) is 25.9 Å². The van der Waals surface area contributed by atoms with Crippen LogP contribution in [0.1, 0.15) is 24.3 Å². The molecule has 1 aromatic carbocycles. The van der Waals surface area contributed by atoms with Gasteiger partial charge in [0.2, 0.25) is 0 Å². The number of nitrogens with zero attached hydrogens (tertiary/aromatic N) is 3. The van der Waals surface area contributed by atoms with E-state index in [9.17, 15) is 13.6 Å². The topological polar surface area (TPSA) is 50.2 Å². The molecule has 1 N–H and O–H groups in total.